The van der Waals surface area contributed by atoms with Crippen molar-refractivity contribution in [3.8, 4) is 0 Å². The van der Waals surface area contributed by atoms with Crippen molar-refractivity contribution >= 4 is 15.9 Å². The van der Waals surface area contributed by atoms with E-state index >= 15 is 0 Å². The Balaban J connectivity index is 1.72. The monoisotopic (exact) mass is 393 g/mol. The van der Waals surface area contributed by atoms with Gasteiger partial charge in [-0.2, -0.15) is 4.31 Å². The zero-order chi connectivity index (χ0) is 19.4. The molecule has 1 unspecified atom stereocenters. The summed E-state index contributed by atoms with van der Waals surface area (Å²) in [6.07, 6.45) is 3.76. The average molecular weight is 394 g/mol. The van der Waals surface area contributed by atoms with Crippen molar-refractivity contribution in [3.05, 3.63) is 29.8 Å². The molecule has 2 heterocycles. The number of hydrogen-bond donors (Lipinski definition) is 0. The Morgan fingerprint density at radius 1 is 1.00 bits per heavy atom. The zero-order valence-corrected chi connectivity index (χ0v) is 17.2. The maximum Gasteiger partial charge on any atom is 0.253 e. The van der Waals surface area contributed by atoms with Gasteiger partial charge in [-0.3, -0.25) is 4.79 Å². The zero-order valence-electron chi connectivity index (χ0n) is 16.4. The molecule has 0 saturated carbocycles. The molecule has 6 nitrogen and oxygen atoms in total. The second-order valence-electron chi connectivity index (χ2n) is 7.42. The Kier molecular flexibility index (Phi) is 6.55. The number of likely N-dealkylation sites (N-methyl/N-ethyl adjacent to an activating group) is 1. The molecule has 7 heteroatoms. The molecule has 0 aromatic heterocycles. The van der Waals surface area contributed by atoms with Crippen LogP contribution in [0.3, 0.4) is 0 Å². The highest BCUT2D eigenvalue weighted by atomic mass is 32.2. The normalized spacial score (nSPS) is 22.7. The van der Waals surface area contributed by atoms with Crippen LogP contribution in [0.5, 0.6) is 0 Å². The molecule has 0 aliphatic carbocycles. The lowest BCUT2D eigenvalue weighted by Crippen LogP contribution is -2.48. The quantitative estimate of drug-likeness (QED) is 0.771. The van der Waals surface area contributed by atoms with Gasteiger partial charge < -0.3 is 9.80 Å². The molecule has 3 rings (SSSR count). The fourth-order valence-electron chi connectivity index (χ4n) is 4.05. The van der Waals surface area contributed by atoms with E-state index in [4.69, 9.17) is 0 Å². The van der Waals surface area contributed by atoms with Crippen molar-refractivity contribution < 1.29 is 13.2 Å². The molecule has 1 aromatic carbocycles. The number of hydrogen-bond acceptors (Lipinski definition) is 4. The Hall–Kier alpha value is -1.44. The third kappa shape index (κ3) is 4.36. The average Bonchev–Trinajstić information content (AvgIpc) is 2.73. The maximum atomic E-state index is 13.0. The van der Waals surface area contributed by atoms with E-state index in [1.807, 2.05) is 11.8 Å². The molecule has 27 heavy (non-hydrogen) atoms. The Morgan fingerprint density at radius 3 is 2.26 bits per heavy atom. The number of sulfonamides is 1. The smallest absolute Gasteiger partial charge is 0.253 e. The molecule has 2 aliphatic rings. The van der Waals surface area contributed by atoms with E-state index in [9.17, 15) is 13.2 Å². The number of carbonyl (C=O) groups excluding carboxylic acids is 1. The molecule has 2 saturated heterocycles. The van der Waals surface area contributed by atoms with Crippen molar-refractivity contribution in [1.82, 2.24) is 14.1 Å². The maximum absolute atomic E-state index is 13.0. The third-order valence-corrected chi connectivity index (χ3v) is 7.83. The number of rotatable bonds is 5. The van der Waals surface area contributed by atoms with E-state index in [-0.39, 0.29) is 16.8 Å². The van der Waals surface area contributed by atoms with Gasteiger partial charge in [-0.05, 0) is 50.1 Å². The summed E-state index contributed by atoms with van der Waals surface area (Å²) in [6, 6.07) is 6.58. The van der Waals surface area contributed by atoms with Crippen LogP contribution in [0, 0.1) is 0 Å². The highest BCUT2D eigenvalue weighted by Gasteiger charge is 2.32. The Labute approximate surface area is 163 Å². The minimum absolute atomic E-state index is 0.0147. The van der Waals surface area contributed by atoms with Crippen LogP contribution in [0.2, 0.25) is 0 Å². The topological polar surface area (TPSA) is 60.9 Å². The van der Waals surface area contributed by atoms with Gasteiger partial charge in [-0.25, -0.2) is 8.42 Å². The van der Waals surface area contributed by atoms with Gasteiger partial charge in [0, 0.05) is 44.3 Å². The van der Waals surface area contributed by atoms with Crippen LogP contribution in [0.25, 0.3) is 0 Å². The van der Waals surface area contributed by atoms with Gasteiger partial charge in [0.05, 0.1) is 4.90 Å². The molecule has 1 amide bonds. The standard InChI is InChI=1S/C20H31N3O3S/c1-3-18-7-5-6-12-23(18)27(25,26)19-10-8-17(9-11-19)20(24)22-15-13-21(4-2)14-16-22/h8-11,18H,3-7,12-16H2,1-2H3. The van der Waals surface area contributed by atoms with E-state index in [1.165, 1.54) is 0 Å². The lowest BCUT2D eigenvalue weighted by molar-refractivity contribution is 0.0643. The van der Waals surface area contributed by atoms with Crippen LogP contribution in [0.4, 0.5) is 0 Å². The molecular formula is C20H31N3O3S. The summed E-state index contributed by atoms with van der Waals surface area (Å²) in [5.41, 5.74) is 0.560. The SMILES string of the molecule is CCC1CCCCN1S(=O)(=O)c1ccc(C(=O)N2CCN(CC)CC2)cc1. The van der Waals surface area contributed by atoms with Crippen LogP contribution in [-0.2, 0) is 10.0 Å². The Morgan fingerprint density at radius 2 is 1.67 bits per heavy atom. The lowest BCUT2D eigenvalue weighted by atomic mass is 10.0. The van der Waals surface area contributed by atoms with Crippen LogP contribution in [0.1, 0.15) is 49.9 Å². The molecule has 0 N–H and O–H groups in total. The van der Waals surface area contributed by atoms with Crippen LogP contribution >= 0.6 is 0 Å². The Bertz CT molecular complexity index is 740. The summed E-state index contributed by atoms with van der Waals surface area (Å²) in [5, 5.41) is 0. The van der Waals surface area contributed by atoms with Gasteiger partial charge in [0.25, 0.3) is 5.91 Å². The van der Waals surface area contributed by atoms with Crippen molar-refractivity contribution in [2.24, 2.45) is 0 Å². The minimum atomic E-state index is -3.50. The van der Waals surface area contributed by atoms with Crippen LogP contribution in [-0.4, -0.2) is 73.7 Å². The van der Waals surface area contributed by atoms with Crippen molar-refractivity contribution in [2.45, 2.75) is 50.5 Å². The summed E-state index contributed by atoms with van der Waals surface area (Å²) in [7, 11) is -3.50. The molecule has 150 valence electrons. The minimum Gasteiger partial charge on any atom is -0.336 e. The van der Waals surface area contributed by atoms with E-state index in [0.717, 1.165) is 58.4 Å². The second-order valence-corrected chi connectivity index (χ2v) is 9.32. The van der Waals surface area contributed by atoms with Gasteiger partial charge in [-0.15, -0.1) is 0 Å². The fourth-order valence-corrected chi connectivity index (χ4v) is 5.82. The van der Waals surface area contributed by atoms with Gasteiger partial charge in [0.1, 0.15) is 0 Å². The summed E-state index contributed by atoms with van der Waals surface area (Å²) in [4.78, 5) is 17.2. The molecule has 2 fully saturated rings. The molecule has 0 spiro atoms. The van der Waals surface area contributed by atoms with Crippen LogP contribution in [0.15, 0.2) is 29.2 Å². The molecule has 0 radical (unpaired) electrons. The molecule has 1 aromatic rings. The second kappa shape index (κ2) is 8.71. The lowest BCUT2D eigenvalue weighted by Gasteiger charge is -2.34. The number of piperidine rings is 1. The first kappa shape index (κ1) is 20.3. The first-order valence-corrected chi connectivity index (χ1v) is 11.5. The third-order valence-electron chi connectivity index (χ3n) is 5.86. The van der Waals surface area contributed by atoms with Crippen molar-refractivity contribution in [1.29, 1.82) is 0 Å². The highest BCUT2D eigenvalue weighted by molar-refractivity contribution is 7.89. The van der Waals surface area contributed by atoms with Gasteiger partial charge >= 0.3 is 0 Å². The van der Waals surface area contributed by atoms with Gasteiger partial charge in [0.2, 0.25) is 10.0 Å². The highest BCUT2D eigenvalue weighted by Crippen LogP contribution is 2.27. The predicted molar refractivity (Wildman–Crippen MR) is 106 cm³/mol. The first-order valence-electron chi connectivity index (χ1n) is 10.1. The summed E-state index contributed by atoms with van der Waals surface area (Å²) in [5.74, 6) is -0.0147. The fraction of sp³-hybridized carbons (Fsp3) is 0.650. The summed E-state index contributed by atoms with van der Waals surface area (Å²) < 4.78 is 27.7. The van der Waals surface area contributed by atoms with E-state index in [1.54, 1.807) is 28.6 Å². The summed E-state index contributed by atoms with van der Waals surface area (Å²) in [6.45, 7) is 8.98. The molecular weight excluding hydrogens is 362 g/mol. The number of piperazine rings is 1. The summed E-state index contributed by atoms with van der Waals surface area (Å²) >= 11 is 0. The van der Waals surface area contributed by atoms with E-state index in [0.29, 0.717) is 12.1 Å². The first-order chi connectivity index (χ1) is 13.0. The van der Waals surface area contributed by atoms with E-state index < -0.39 is 10.0 Å². The van der Waals surface area contributed by atoms with Gasteiger partial charge in [0.15, 0.2) is 0 Å². The largest absolute Gasteiger partial charge is 0.336 e. The number of benzene rings is 1. The van der Waals surface area contributed by atoms with Crippen molar-refractivity contribution in [3.63, 3.8) is 0 Å². The predicted octanol–water partition coefficient (Wildman–Crippen LogP) is 2.42. The molecule has 2 aliphatic heterocycles. The number of nitrogens with zero attached hydrogens (tertiary/aromatic N) is 3. The van der Waals surface area contributed by atoms with Crippen LogP contribution < -0.4 is 0 Å². The van der Waals surface area contributed by atoms with Crippen molar-refractivity contribution in [2.75, 3.05) is 39.3 Å². The number of amides is 1. The molecule has 1 atom stereocenters. The van der Waals surface area contributed by atoms with Gasteiger partial charge in [-0.1, -0.05) is 20.3 Å². The van der Waals surface area contributed by atoms with E-state index in [2.05, 4.69) is 11.8 Å². The molecule has 0 bridgehead atoms. The number of carbonyl (C=O) groups is 1.